The van der Waals surface area contributed by atoms with Crippen LogP contribution in [0.2, 0.25) is 0 Å². The molecular formula is C21H20FN3O2. The lowest BCUT2D eigenvalue weighted by molar-refractivity contribution is 0.0733. The van der Waals surface area contributed by atoms with E-state index < -0.39 is 0 Å². The number of halogens is 1. The molecule has 138 valence electrons. The number of aromatic nitrogens is 2. The molecule has 0 saturated carbocycles. The van der Waals surface area contributed by atoms with Crippen molar-refractivity contribution in [3.63, 3.8) is 0 Å². The summed E-state index contributed by atoms with van der Waals surface area (Å²) >= 11 is 0. The van der Waals surface area contributed by atoms with E-state index in [2.05, 4.69) is 10.1 Å². The Morgan fingerprint density at radius 2 is 1.96 bits per heavy atom. The van der Waals surface area contributed by atoms with Crippen LogP contribution in [0.4, 0.5) is 4.39 Å². The summed E-state index contributed by atoms with van der Waals surface area (Å²) in [6.45, 7) is 4.46. The molecule has 0 aliphatic carbocycles. The summed E-state index contributed by atoms with van der Waals surface area (Å²) in [6, 6.07) is 9.57. The van der Waals surface area contributed by atoms with Gasteiger partial charge in [-0.3, -0.25) is 9.78 Å². The number of hydrogen-bond donors (Lipinski definition) is 0. The van der Waals surface area contributed by atoms with E-state index in [-0.39, 0.29) is 17.8 Å². The van der Waals surface area contributed by atoms with Crippen LogP contribution in [-0.2, 0) is 0 Å². The Bertz CT molecular complexity index is 945. The summed E-state index contributed by atoms with van der Waals surface area (Å²) < 4.78 is 18.4. The van der Waals surface area contributed by atoms with Gasteiger partial charge < -0.3 is 9.42 Å². The van der Waals surface area contributed by atoms with Gasteiger partial charge in [-0.25, -0.2) is 4.39 Å². The van der Waals surface area contributed by atoms with Crippen molar-refractivity contribution in [2.75, 3.05) is 6.54 Å². The van der Waals surface area contributed by atoms with Gasteiger partial charge in [0.15, 0.2) is 0 Å². The lowest BCUT2D eigenvalue weighted by Gasteiger charge is -2.24. The summed E-state index contributed by atoms with van der Waals surface area (Å²) in [6.07, 6.45) is 3.59. The smallest absolute Gasteiger partial charge is 0.254 e. The molecular weight excluding hydrogens is 345 g/mol. The Labute approximate surface area is 156 Å². The van der Waals surface area contributed by atoms with Crippen LogP contribution in [0.1, 0.15) is 46.4 Å². The Kier molecular flexibility index (Phi) is 4.48. The highest BCUT2D eigenvalue weighted by Crippen LogP contribution is 2.33. The number of carbonyl (C=O) groups is 1. The number of hydrogen-bond acceptors (Lipinski definition) is 4. The highest BCUT2D eigenvalue weighted by Gasteiger charge is 2.31. The number of amides is 1. The molecule has 4 rings (SSSR count). The van der Waals surface area contributed by atoms with E-state index in [0.29, 0.717) is 12.1 Å². The van der Waals surface area contributed by atoms with Crippen LogP contribution in [0, 0.1) is 19.7 Å². The molecule has 0 bridgehead atoms. The predicted molar refractivity (Wildman–Crippen MR) is 98.6 cm³/mol. The zero-order valence-electron chi connectivity index (χ0n) is 15.3. The number of nitrogens with zero attached hydrogens (tertiary/aromatic N) is 3. The van der Waals surface area contributed by atoms with E-state index in [1.165, 1.54) is 24.3 Å². The highest BCUT2D eigenvalue weighted by atomic mass is 19.1. The minimum absolute atomic E-state index is 0.0683. The summed E-state index contributed by atoms with van der Waals surface area (Å²) in [5.41, 5.74) is 4.09. The Hall–Kier alpha value is -3.02. The molecule has 1 aliphatic rings. The molecule has 3 heterocycles. The molecule has 1 saturated heterocycles. The zero-order valence-corrected chi connectivity index (χ0v) is 15.3. The van der Waals surface area contributed by atoms with Gasteiger partial charge in [0.25, 0.3) is 5.91 Å². The number of aryl methyl sites for hydroxylation is 2. The molecule has 2 aromatic heterocycles. The monoisotopic (exact) mass is 365 g/mol. The Morgan fingerprint density at radius 1 is 1.19 bits per heavy atom. The largest absolute Gasteiger partial charge is 0.361 e. The van der Waals surface area contributed by atoms with E-state index in [4.69, 9.17) is 4.52 Å². The minimum atomic E-state index is -0.346. The number of carbonyl (C=O) groups excluding carboxylic acids is 1. The second-order valence-electron chi connectivity index (χ2n) is 6.83. The van der Waals surface area contributed by atoms with Gasteiger partial charge in [0.1, 0.15) is 11.6 Å². The minimum Gasteiger partial charge on any atom is -0.361 e. The Morgan fingerprint density at radius 3 is 2.59 bits per heavy atom. The average Bonchev–Trinajstić information content (AvgIpc) is 3.29. The van der Waals surface area contributed by atoms with E-state index in [1.54, 1.807) is 6.20 Å². The molecule has 1 aromatic carbocycles. The van der Waals surface area contributed by atoms with Crippen LogP contribution < -0.4 is 0 Å². The fourth-order valence-electron chi connectivity index (χ4n) is 3.72. The number of benzene rings is 1. The average molecular weight is 365 g/mol. The van der Waals surface area contributed by atoms with Gasteiger partial charge in [-0.15, -0.1) is 0 Å². The molecule has 1 fully saturated rings. The summed E-state index contributed by atoms with van der Waals surface area (Å²) in [7, 11) is 0. The maximum Gasteiger partial charge on any atom is 0.254 e. The van der Waals surface area contributed by atoms with Crippen LogP contribution in [0.5, 0.6) is 0 Å². The van der Waals surface area contributed by atoms with Gasteiger partial charge in [-0.05, 0) is 57.0 Å². The van der Waals surface area contributed by atoms with Crippen LogP contribution in [0.3, 0.4) is 0 Å². The maximum absolute atomic E-state index is 13.1. The van der Waals surface area contributed by atoms with Crippen molar-refractivity contribution < 1.29 is 13.7 Å². The van der Waals surface area contributed by atoms with Gasteiger partial charge >= 0.3 is 0 Å². The van der Waals surface area contributed by atoms with Crippen molar-refractivity contribution >= 4 is 5.91 Å². The highest BCUT2D eigenvalue weighted by molar-refractivity contribution is 5.94. The third kappa shape index (κ3) is 3.23. The molecule has 1 atom stereocenters. The van der Waals surface area contributed by atoms with E-state index in [1.807, 2.05) is 30.9 Å². The van der Waals surface area contributed by atoms with Crippen molar-refractivity contribution in [3.8, 4) is 11.1 Å². The number of likely N-dealkylation sites (tertiary alicyclic amines) is 1. The lowest BCUT2D eigenvalue weighted by atomic mass is 10.0. The summed E-state index contributed by atoms with van der Waals surface area (Å²) in [5.74, 6) is 0.325. The van der Waals surface area contributed by atoms with Crippen LogP contribution in [0.25, 0.3) is 11.1 Å². The standard InChI is InChI=1S/C21H20FN3O2/c1-13-20(14(2)27-24-13)16-7-10-18(23-12-16)19-4-3-11-25(19)21(26)15-5-8-17(22)9-6-15/h5-10,12,19H,3-4,11H2,1-2H3/t19-/m0/s1. The van der Waals surface area contributed by atoms with Crippen molar-refractivity contribution in [1.82, 2.24) is 15.0 Å². The van der Waals surface area contributed by atoms with E-state index >= 15 is 0 Å². The predicted octanol–water partition coefficient (Wildman–Crippen LogP) is 4.47. The van der Waals surface area contributed by atoms with E-state index in [9.17, 15) is 9.18 Å². The van der Waals surface area contributed by atoms with Gasteiger partial charge in [0, 0.05) is 29.4 Å². The normalized spacial score (nSPS) is 16.7. The zero-order chi connectivity index (χ0) is 19.0. The molecule has 6 heteroatoms. The van der Waals surface area contributed by atoms with Gasteiger partial charge in [-0.1, -0.05) is 11.2 Å². The molecule has 5 nitrogen and oxygen atoms in total. The maximum atomic E-state index is 13.1. The van der Waals surface area contributed by atoms with Gasteiger partial charge in [-0.2, -0.15) is 0 Å². The molecule has 0 unspecified atom stereocenters. The van der Waals surface area contributed by atoms with Gasteiger partial charge in [0.2, 0.25) is 0 Å². The third-order valence-corrected chi connectivity index (χ3v) is 5.05. The first kappa shape index (κ1) is 17.4. The second-order valence-corrected chi connectivity index (χ2v) is 6.83. The molecule has 27 heavy (non-hydrogen) atoms. The van der Waals surface area contributed by atoms with Crippen molar-refractivity contribution in [2.24, 2.45) is 0 Å². The SMILES string of the molecule is Cc1noc(C)c1-c1ccc([C@@H]2CCCN2C(=O)c2ccc(F)cc2)nc1. The fraction of sp³-hybridized carbons (Fsp3) is 0.286. The fourth-order valence-corrected chi connectivity index (χ4v) is 3.72. The first-order valence-electron chi connectivity index (χ1n) is 9.00. The molecule has 0 N–H and O–H groups in total. The lowest BCUT2D eigenvalue weighted by Crippen LogP contribution is -2.31. The molecule has 0 radical (unpaired) electrons. The van der Waals surface area contributed by atoms with E-state index in [0.717, 1.165) is 41.1 Å². The second kappa shape index (κ2) is 6.95. The van der Waals surface area contributed by atoms with Crippen LogP contribution >= 0.6 is 0 Å². The topological polar surface area (TPSA) is 59.2 Å². The molecule has 1 amide bonds. The molecule has 1 aliphatic heterocycles. The first-order valence-corrected chi connectivity index (χ1v) is 9.00. The quantitative estimate of drug-likeness (QED) is 0.687. The molecule has 0 spiro atoms. The summed E-state index contributed by atoms with van der Waals surface area (Å²) in [5, 5.41) is 3.99. The van der Waals surface area contributed by atoms with Gasteiger partial charge in [0.05, 0.1) is 17.4 Å². The number of rotatable bonds is 3. The van der Waals surface area contributed by atoms with Crippen molar-refractivity contribution in [3.05, 3.63) is 71.1 Å². The first-order chi connectivity index (χ1) is 13.0. The van der Waals surface area contributed by atoms with Crippen LogP contribution in [0.15, 0.2) is 47.1 Å². The number of pyridine rings is 1. The Balaban J connectivity index is 1.59. The third-order valence-electron chi connectivity index (χ3n) is 5.05. The summed E-state index contributed by atoms with van der Waals surface area (Å²) in [4.78, 5) is 19.3. The van der Waals surface area contributed by atoms with Crippen molar-refractivity contribution in [1.29, 1.82) is 0 Å². The van der Waals surface area contributed by atoms with Crippen molar-refractivity contribution in [2.45, 2.75) is 32.7 Å². The molecule has 3 aromatic rings. The van der Waals surface area contributed by atoms with Crippen LogP contribution in [-0.4, -0.2) is 27.5 Å².